The van der Waals surface area contributed by atoms with E-state index >= 15 is 0 Å². The highest BCUT2D eigenvalue weighted by Crippen LogP contribution is 2.30. The van der Waals surface area contributed by atoms with Gasteiger partial charge < -0.3 is 5.32 Å². The Morgan fingerprint density at radius 3 is 2.95 bits per heavy atom. The third-order valence-corrected chi connectivity index (χ3v) is 6.62. The standard InChI is InChI=1S/C16H24N2O2S/c1-2-14-7-3-4-11-18(14)21(19,20)15-9-8-13-6-5-10-17-16(13)12-15/h8-9,12,14,17H,2-7,10-11H2,1H3. The maximum atomic E-state index is 12.9. The van der Waals surface area contributed by atoms with Crippen molar-refractivity contribution in [1.29, 1.82) is 0 Å². The van der Waals surface area contributed by atoms with E-state index in [0.29, 0.717) is 11.4 Å². The zero-order valence-electron chi connectivity index (χ0n) is 12.6. The van der Waals surface area contributed by atoms with Gasteiger partial charge in [0.1, 0.15) is 0 Å². The Kier molecular flexibility index (Phi) is 4.22. The molecule has 0 spiro atoms. The zero-order valence-corrected chi connectivity index (χ0v) is 13.5. The van der Waals surface area contributed by atoms with Crippen molar-refractivity contribution in [2.75, 3.05) is 18.4 Å². The van der Waals surface area contributed by atoms with Gasteiger partial charge in [-0.1, -0.05) is 19.4 Å². The summed E-state index contributed by atoms with van der Waals surface area (Å²) in [7, 11) is -3.36. The molecule has 0 radical (unpaired) electrons. The number of benzene rings is 1. The molecule has 1 saturated heterocycles. The lowest BCUT2D eigenvalue weighted by Crippen LogP contribution is -2.43. The van der Waals surface area contributed by atoms with Gasteiger partial charge in [-0.2, -0.15) is 4.31 Å². The van der Waals surface area contributed by atoms with Gasteiger partial charge in [0.15, 0.2) is 0 Å². The van der Waals surface area contributed by atoms with E-state index in [1.54, 1.807) is 10.4 Å². The number of nitrogens with one attached hydrogen (secondary N) is 1. The molecule has 2 aliphatic heterocycles. The Morgan fingerprint density at radius 1 is 1.29 bits per heavy atom. The van der Waals surface area contributed by atoms with Gasteiger partial charge in [0.25, 0.3) is 0 Å². The Hall–Kier alpha value is -1.07. The van der Waals surface area contributed by atoms with Gasteiger partial charge in [-0.15, -0.1) is 0 Å². The number of aryl methyl sites for hydroxylation is 1. The second-order valence-electron chi connectivity index (χ2n) is 6.02. The molecular weight excluding hydrogens is 284 g/mol. The maximum Gasteiger partial charge on any atom is 0.243 e. The number of piperidine rings is 1. The monoisotopic (exact) mass is 308 g/mol. The van der Waals surface area contributed by atoms with E-state index in [2.05, 4.69) is 12.2 Å². The lowest BCUT2D eigenvalue weighted by atomic mass is 10.0. The van der Waals surface area contributed by atoms with Crippen molar-refractivity contribution >= 4 is 15.7 Å². The van der Waals surface area contributed by atoms with Gasteiger partial charge >= 0.3 is 0 Å². The second kappa shape index (κ2) is 5.97. The van der Waals surface area contributed by atoms with E-state index in [-0.39, 0.29) is 6.04 Å². The summed E-state index contributed by atoms with van der Waals surface area (Å²) in [6.07, 6.45) is 6.13. The number of nitrogens with zero attached hydrogens (tertiary/aromatic N) is 1. The first kappa shape index (κ1) is 14.9. The van der Waals surface area contributed by atoms with Crippen LogP contribution in [-0.4, -0.2) is 31.9 Å². The van der Waals surface area contributed by atoms with E-state index < -0.39 is 10.0 Å². The largest absolute Gasteiger partial charge is 0.385 e. The quantitative estimate of drug-likeness (QED) is 0.934. The van der Waals surface area contributed by atoms with Gasteiger partial charge in [-0.3, -0.25) is 0 Å². The molecule has 1 aromatic rings. The van der Waals surface area contributed by atoms with Crippen LogP contribution in [0.2, 0.25) is 0 Å². The third-order valence-electron chi connectivity index (χ3n) is 4.67. The lowest BCUT2D eigenvalue weighted by molar-refractivity contribution is 0.246. The number of fused-ring (bicyclic) bond motifs is 1. The van der Waals surface area contributed by atoms with Crippen LogP contribution in [0.4, 0.5) is 5.69 Å². The van der Waals surface area contributed by atoms with Crippen LogP contribution in [0.15, 0.2) is 23.1 Å². The molecule has 0 aromatic heterocycles. The number of rotatable bonds is 3. The first-order valence-electron chi connectivity index (χ1n) is 8.01. The summed E-state index contributed by atoms with van der Waals surface area (Å²) in [4.78, 5) is 0.441. The molecule has 4 nitrogen and oxygen atoms in total. The van der Waals surface area contributed by atoms with Crippen LogP contribution in [-0.2, 0) is 16.4 Å². The van der Waals surface area contributed by atoms with Crippen LogP contribution in [0.25, 0.3) is 0 Å². The first-order chi connectivity index (χ1) is 10.1. The Bertz CT molecular complexity index is 613. The van der Waals surface area contributed by atoms with Crippen LogP contribution in [0.5, 0.6) is 0 Å². The Balaban J connectivity index is 1.94. The molecule has 3 rings (SSSR count). The van der Waals surface area contributed by atoms with Crippen molar-refractivity contribution in [3.8, 4) is 0 Å². The lowest BCUT2D eigenvalue weighted by Gasteiger charge is -2.34. The third kappa shape index (κ3) is 2.81. The molecule has 21 heavy (non-hydrogen) atoms. The van der Waals surface area contributed by atoms with E-state index in [4.69, 9.17) is 0 Å². The summed E-state index contributed by atoms with van der Waals surface area (Å²) in [5.74, 6) is 0. The predicted molar refractivity (Wildman–Crippen MR) is 85.1 cm³/mol. The molecule has 1 unspecified atom stereocenters. The van der Waals surface area contributed by atoms with E-state index in [9.17, 15) is 8.42 Å². The van der Waals surface area contributed by atoms with Crippen LogP contribution >= 0.6 is 0 Å². The fourth-order valence-electron chi connectivity index (χ4n) is 3.43. The fourth-order valence-corrected chi connectivity index (χ4v) is 5.23. The minimum atomic E-state index is -3.36. The van der Waals surface area contributed by atoms with Crippen molar-refractivity contribution in [3.63, 3.8) is 0 Å². The zero-order chi connectivity index (χ0) is 14.9. The van der Waals surface area contributed by atoms with Crippen LogP contribution in [0, 0.1) is 0 Å². The minimum absolute atomic E-state index is 0.160. The number of hydrogen-bond acceptors (Lipinski definition) is 3. The summed E-state index contributed by atoms with van der Waals surface area (Å²) < 4.78 is 27.6. The first-order valence-corrected chi connectivity index (χ1v) is 9.45. The topological polar surface area (TPSA) is 49.4 Å². The Morgan fingerprint density at radius 2 is 2.14 bits per heavy atom. The van der Waals surface area contributed by atoms with E-state index in [1.165, 1.54) is 5.56 Å². The average molecular weight is 308 g/mol. The molecule has 0 saturated carbocycles. The van der Waals surface area contributed by atoms with Gasteiger partial charge in [0, 0.05) is 24.8 Å². The summed E-state index contributed by atoms with van der Waals surface area (Å²) in [6, 6.07) is 5.74. The van der Waals surface area contributed by atoms with E-state index in [0.717, 1.165) is 50.8 Å². The molecule has 1 fully saturated rings. The molecule has 0 bridgehead atoms. The van der Waals surface area contributed by atoms with Gasteiger partial charge in [0.2, 0.25) is 10.0 Å². The van der Waals surface area contributed by atoms with Crippen LogP contribution < -0.4 is 5.32 Å². The summed E-state index contributed by atoms with van der Waals surface area (Å²) >= 11 is 0. The highest BCUT2D eigenvalue weighted by molar-refractivity contribution is 7.89. The van der Waals surface area contributed by atoms with Gasteiger partial charge in [-0.25, -0.2) is 8.42 Å². The van der Waals surface area contributed by atoms with Crippen molar-refractivity contribution in [1.82, 2.24) is 4.31 Å². The molecule has 1 aromatic carbocycles. The minimum Gasteiger partial charge on any atom is -0.385 e. The second-order valence-corrected chi connectivity index (χ2v) is 7.91. The average Bonchev–Trinajstić information content (AvgIpc) is 2.54. The molecule has 1 N–H and O–H groups in total. The molecule has 116 valence electrons. The molecule has 2 aliphatic rings. The SMILES string of the molecule is CCC1CCCCN1S(=O)(=O)c1ccc2c(c1)NCCC2. The highest BCUT2D eigenvalue weighted by atomic mass is 32.2. The van der Waals surface area contributed by atoms with Crippen LogP contribution in [0.3, 0.4) is 0 Å². The smallest absolute Gasteiger partial charge is 0.243 e. The maximum absolute atomic E-state index is 12.9. The normalized spacial score (nSPS) is 23.4. The summed E-state index contributed by atoms with van der Waals surface area (Å²) in [6.45, 7) is 3.66. The number of hydrogen-bond donors (Lipinski definition) is 1. The molecule has 2 heterocycles. The fraction of sp³-hybridized carbons (Fsp3) is 0.625. The summed E-state index contributed by atoms with van der Waals surface area (Å²) in [5, 5.41) is 3.32. The highest BCUT2D eigenvalue weighted by Gasteiger charge is 2.32. The van der Waals surface area contributed by atoms with Gasteiger partial charge in [0.05, 0.1) is 4.90 Å². The Labute approximate surface area is 127 Å². The van der Waals surface area contributed by atoms with Crippen molar-refractivity contribution in [2.45, 2.75) is 56.4 Å². The van der Waals surface area contributed by atoms with Crippen molar-refractivity contribution in [3.05, 3.63) is 23.8 Å². The molecular formula is C16H24N2O2S. The van der Waals surface area contributed by atoms with Crippen LogP contribution in [0.1, 0.15) is 44.6 Å². The number of anilines is 1. The number of sulfonamides is 1. The molecule has 1 atom stereocenters. The summed E-state index contributed by atoms with van der Waals surface area (Å²) in [5.41, 5.74) is 2.22. The van der Waals surface area contributed by atoms with Crippen molar-refractivity contribution < 1.29 is 8.42 Å². The van der Waals surface area contributed by atoms with Crippen molar-refractivity contribution in [2.24, 2.45) is 0 Å². The molecule has 0 amide bonds. The molecule has 5 heteroatoms. The predicted octanol–water partition coefficient (Wildman–Crippen LogP) is 3.00. The van der Waals surface area contributed by atoms with Gasteiger partial charge in [-0.05, 0) is 49.8 Å². The van der Waals surface area contributed by atoms with E-state index in [1.807, 2.05) is 12.1 Å². The molecule has 0 aliphatic carbocycles.